The summed E-state index contributed by atoms with van der Waals surface area (Å²) in [5.41, 5.74) is 2.85. The Kier molecular flexibility index (Phi) is 8.79. The molecule has 0 radical (unpaired) electrons. The molecule has 0 spiro atoms. The van der Waals surface area contributed by atoms with Crippen molar-refractivity contribution in [2.45, 2.75) is 44.6 Å². The van der Waals surface area contributed by atoms with E-state index in [0.717, 1.165) is 25.7 Å². The molecule has 0 atom stereocenters. The van der Waals surface area contributed by atoms with Crippen LogP contribution in [0.5, 0.6) is 0 Å². The third-order valence-corrected chi connectivity index (χ3v) is 6.12. The van der Waals surface area contributed by atoms with Gasteiger partial charge in [0.1, 0.15) is 6.16 Å². The summed E-state index contributed by atoms with van der Waals surface area (Å²) in [4.78, 5) is 39.6. The number of aliphatic carboxylic acids is 1. The predicted octanol–water partition coefficient (Wildman–Crippen LogP) is 2.90. The number of esters is 1. The van der Waals surface area contributed by atoms with E-state index in [-0.39, 0.29) is 11.5 Å². The summed E-state index contributed by atoms with van der Waals surface area (Å²) in [7, 11) is -4.32. The van der Waals surface area contributed by atoms with Crippen LogP contribution in [0.25, 0.3) is 0 Å². The highest BCUT2D eigenvalue weighted by atomic mass is 31.2. The maximum Gasteiger partial charge on any atom is 0.336 e. The van der Waals surface area contributed by atoms with Gasteiger partial charge in [0.05, 0.1) is 6.61 Å². The number of carbonyl (C=O) groups excluding carboxylic acids is 1. The molecule has 0 bridgehead atoms. The van der Waals surface area contributed by atoms with Crippen molar-refractivity contribution < 1.29 is 33.8 Å². The lowest BCUT2D eigenvalue weighted by Crippen LogP contribution is -2.54. The van der Waals surface area contributed by atoms with Gasteiger partial charge in [0.2, 0.25) is 0 Å². The van der Waals surface area contributed by atoms with Crippen molar-refractivity contribution >= 4 is 19.5 Å². The van der Waals surface area contributed by atoms with Crippen LogP contribution in [0.3, 0.4) is 0 Å². The second-order valence-electron chi connectivity index (χ2n) is 7.51. The smallest absolute Gasteiger partial charge is 0.336 e. The number of nitrogens with zero attached hydrogens (tertiary/aromatic N) is 1. The molecule has 3 rings (SSSR count). The number of hydrogen-bond donors (Lipinski definition) is 3. The van der Waals surface area contributed by atoms with Gasteiger partial charge in [0.25, 0.3) is 0 Å². The van der Waals surface area contributed by atoms with Crippen molar-refractivity contribution in [3.63, 3.8) is 0 Å². The number of carboxylic acid groups (broad SMARTS) is 1. The van der Waals surface area contributed by atoms with Gasteiger partial charge in [-0.3, -0.25) is 14.3 Å². The highest BCUT2D eigenvalue weighted by Gasteiger charge is 2.42. The van der Waals surface area contributed by atoms with Crippen LogP contribution in [0, 0.1) is 0 Å². The Morgan fingerprint density at radius 3 is 2.17 bits per heavy atom. The molecule has 1 saturated carbocycles. The van der Waals surface area contributed by atoms with Crippen LogP contribution in [-0.2, 0) is 24.4 Å². The van der Waals surface area contributed by atoms with E-state index >= 15 is 0 Å². The minimum absolute atomic E-state index is 0.172. The van der Waals surface area contributed by atoms with Crippen molar-refractivity contribution in [2.75, 3.05) is 25.9 Å². The number of rotatable bonds is 6. The summed E-state index contributed by atoms with van der Waals surface area (Å²) in [6.45, 7) is 4.70. The van der Waals surface area contributed by atoms with E-state index in [0.29, 0.717) is 6.61 Å². The Balaban J connectivity index is 0.000000343. The summed E-state index contributed by atoms with van der Waals surface area (Å²) in [5, 5.41) is 7.76. The first kappa shape index (κ1) is 24.3. The maximum atomic E-state index is 11.6. The van der Waals surface area contributed by atoms with E-state index in [9.17, 15) is 14.2 Å². The zero-order chi connectivity index (χ0) is 22.2. The van der Waals surface area contributed by atoms with Crippen LogP contribution in [-0.4, -0.2) is 57.6 Å². The van der Waals surface area contributed by atoms with Gasteiger partial charge >= 0.3 is 19.5 Å². The number of hydrogen-bond acceptors (Lipinski definition) is 5. The summed E-state index contributed by atoms with van der Waals surface area (Å²) in [6.07, 6.45) is 6.11. The number of carbonyl (C=O) groups is 2. The monoisotopic (exact) mass is 439 g/mol. The summed E-state index contributed by atoms with van der Waals surface area (Å²) in [5.74, 6) is -1.67. The first-order valence-corrected chi connectivity index (χ1v) is 11.9. The molecular weight excluding hydrogens is 409 g/mol. The van der Waals surface area contributed by atoms with Crippen molar-refractivity contribution in [1.82, 2.24) is 4.90 Å². The highest BCUT2D eigenvalue weighted by molar-refractivity contribution is 7.52. The summed E-state index contributed by atoms with van der Waals surface area (Å²) < 4.78 is 14.8. The zero-order valence-electron chi connectivity index (χ0n) is 17.2. The zero-order valence-corrected chi connectivity index (χ0v) is 18.1. The van der Waals surface area contributed by atoms with E-state index < -0.39 is 19.7 Å². The standard InChI is InChI=1S/C19H25NO2.C2H5O5P/c1-2-22-18(21)15-16-9-11-19(12-10-16,20-13-6-14-20)17-7-4-3-5-8-17;3-2(4)1-8(5,6)7/h3-5,7-8,15H,2,6,9-14H2,1H3;1H2,(H,3,4)(H2,5,6,7). The Labute approximate surface area is 176 Å². The fourth-order valence-corrected chi connectivity index (χ4v) is 4.29. The third kappa shape index (κ3) is 7.06. The molecule has 1 saturated heterocycles. The van der Waals surface area contributed by atoms with Crippen molar-refractivity contribution in [2.24, 2.45) is 0 Å². The van der Waals surface area contributed by atoms with Crippen LogP contribution < -0.4 is 0 Å². The molecule has 2 fully saturated rings. The highest BCUT2D eigenvalue weighted by Crippen LogP contribution is 2.45. The Bertz CT molecular complexity index is 789. The summed E-state index contributed by atoms with van der Waals surface area (Å²) in [6, 6.07) is 10.9. The number of benzene rings is 1. The second-order valence-corrected chi connectivity index (χ2v) is 9.15. The summed E-state index contributed by atoms with van der Waals surface area (Å²) >= 11 is 0. The number of likely N-dealkylation sites (tertiary alicyclic amines) is 1. The Hall–Kier alpha value is -1.99. The lowest BCUT2D eigenvalue weighted by molar-refractivity contribution is -0.137. The van der Waals surface area contributed by atoms with Crippen molar-refractivity contribution in [3.8, 4) is 0 Å². The molecule has 2 aliphatic rings. The van der Waals surface area contributed by atoms with E-state index in [1.165, 1.54) is 30.6 Å². The average molecular weight is 439 g/mol. The Morgan fingerprint density at radius 2 is 1.77 bits per heavy atom. The van der Waals surface area contributed by atoms with E-state index in [2.05, 4.69) is 35.2 Å². The molecule has 1 aromatic carbocycles. The molecule has 1 aliphatic carbocycles. The first-order chi connectivity index (χ1) is 14.2. The lowest BCUT2D eigenvalue weighted by Gasteiger charge is -2.51. The van der Waals surface area contributed by atoms with Gasteiger partial charge in [-0.25, -0.2) is 4.79 Å². The molecule has 0 unspecified atom stereocenters. The lowest BCUT2D eigenvalue weighted by atomic mass is 9.72. The van der Waals surface area contributed by atoms with Gasteiger partial charge in [-0.05, 0) is 44.6 Å². The van der Waals surface area contributed by atoms with Crippen LogP contribution >= 0.6 is 7.60 Å². The number of carboxylic acids is 1. The van der Waals surface area contributed by atoms with Crippen LogP contribution in [0.2, 0.25) is 0 Å². The molecule has 1 heterocycles. The van der Waals surface area contributed by atoms with Gasteiger partial charge in [-0.1, -0.05) is 35.9 Å². The minimum Gasteiger partial charge on any atom is -0.481 e. The van der Waals surface area contributed by atoms with E-state index in [4.69, 9.17) is 19.6 Å². The van der Waals surface area contributed by atoms with Crippen molar-refractivity contribution in [1.29, 1.82) is 0 Å². The topological polar surface area (TPSA) is 124 Å². The number of allylic oxidation sites excluding steroid dienone is 1. The molecule has 0 amide bonds. The van der Waals surface area contributed by atoms with Crippen molar-refractivity contribution in [3.05, 3.63) is 47.5 Å². The molecular formula is C21H30NO7P. The van der Waals surface area contributed by atoms with Gasteiger partial charge in [0.15, 0.2) is 0 Å². The largest absolute Gasteiger partial charge is 0.481 e. The predicted molar refractivity (Wildman–Crippen MR) is 112 cm³/mol. The molecule has 1 aromatic rings. The molecule has 30 heavy (non-hydrogen) atoms. The van der Waals surface area contributed by atoms with Gasteiger partial charge < -0.3 is 19.6 Å². The van der Waals surface area contributed by atoms with Gasteiger partial charge in [-0.15, -0.1) is 0 Å². The normalized spacial score (nSPS) is 21.6. The third-order valence-electron chi connectivity index (χ3n) is 5.44. The molecule has 166 valence electrons. The Morgan fingerprint density at radius 1 is 1.17 bits per heavy atom. The maximum absolute atomic E-state index is 11.6. The molecule has 3 N–H and O–H groups in total. The molecule has 8 nitrogen and oxygen atoms in total. The molecule has 0 aromatic heterocycles. The average Bonchev–Trinajstić information content (AvgIpc) is 2.61. The van der Waals surface area contributed by atoms with E-state index in [1.807, 2.05) is 6.92 Å². The fourth-order valence-electron chi connectivity index (χ4n) is 3.94. The van der Waals surface area contributed by atoms with E-state index in [1.54, 1.807) is 6.08 Å². The minimum atomic E-state index is -4.32. The number of ether oxygens (including phenoxy) is 1. The first-order valence-electron chi connectivity index (χ1n) is 10.1. The van der Waals surface area contributed by atoms with Crippen LogP contribution in [0.1, 0.15) is 44.6 Å². The van der Waals surface area contributed by atoms with Gasteiger partial charge in [-0.2, -0.15) is 0 Å². The van der Waals surface area contributed by atoms with Crippen LogP contribution in [0.4, 0.5) is 0 Å². The second kappa shape index (κ2) is 10.9. The van der Waals surface area contributed by atoms with Crippen LogP contribution in [0.15, 0.2) is 42.0 Å². The fraction of sp³-hybridized carbons (Fsp3) is 0.524. The molecule has 9 heteroatoms. The van der Waals surface area contributed by atoms with Gasteiger partial charge in [0, 0.05) is 24.7 Å². The SMILES string of the molecule is CCOC(=O)C=C1CCC(c2ccccc2)(N2CCC2)CC1.O=C(O)CP(=O)(O)O. The quantitative estimate of drug-likeness (QED) is 0.351. The molecule has 1 aliphatic heterocycles.